The molecule has 0 aromatic heterocycles. The van der Waals surface area contributed by atoms with Crippen molar-refractivity contribution in [3.8, 4) is 17.2 Å². The summed E-state index contributed by atoms with van der Waals surface area (Å²) in [6.07, 6.45) is 0.598. The smallest absolute Gasteiger partial charge is 0.265 e. The molecule has 0 aliphatic carbocycles. The Labute approximate surface area is 96.3 Å². The molecule has 5 nitrogen and oxygen atoms in total. The van der Waals surface area contributed by atoms with E-state index in [2.05, 4.69) is 0 Å². The Morgan fingerprint density at radius 3 is 2.75 bits per heavy atom. The van der Waals surface area contributed by atoms with Crippen LogP contribution in [0.15, 0.2) is 11.0 Å². The molecule has 2 aliphatic heterocycles. The van der Waals surface area contributed by atoms with Crippen molar-refractivity contribution < 1.29 is 22.6 Å². The van der Waals surface area contributed by atoms with Gasteiger partial charge in [-0.25, -0.2) is 8.42 Å². The Balaban J connectivity index is 2.33. The molecule has 3 rings (SSSR count). The van der Waals surface area contributed by atoms with Crippen molar-refractivity contribution in [1.29, 1.82) is 0 Å². The zero-order valence-corrected chi connectivity index (χ0v) is 9.60. The van der Waals surface area contributed by atoms with E-state index in [-0.39, 0.29) is 11.7 Å². The van der Waals surface area contributed by atoms with E-state index in [1.807, 2.05) is 0 Å². The van der Waals surface area contributed by atoms with Gasteiger partial charge >= 0.3 is 0 Å². The molecule has 0 radical (unpaired) electrons. The molecule has 0 amide bonds. The number of fused-ring (bicyclic) bond motifs is 3. The van der Waals surface area contributed by atoms with Crippen LogP contribution in [-0.2, 0) is 15.5 Å². The summed E-state index contributed by atoms with van der Waals surface area (Å²) in [5.41, 5.74) is 0.717. The fraction of sp³-hybridized carbons (Fsp3) is 0.333. The maximum Gasteiger partial charge on any atom is 0.265 e. The zero-order chi connectivity index (χ0) is 11.3. The molecule has 86 valence electrons. The number of hydrogen-bond donors (Lipinski definition) is 0. The van der Waals surface area contributed by atoms with Crippen LogP contribution >= 0.6 is 10.7 Å². The molecule has 0 bridgehead atoms. The van der Waals surface area contributed by atoms with Gasteiger partial charge < -0.3 is 14.2 Å². The van der Waals surface area contributed by atoms with Gasteiger partial charge in [0.2, 0.25) is 6.79 Å². The lowest BCUT2D eigenvalue weighted by Crippen LogP contribution is -1.96. The summed E-state index contributed by atoms with van der Waals surface area (Å²) < 4.78 is 38.5. The predicted octanol–water partition coefficient (Wildman–Crippen LogP) is 1.28. The maximum atomic E-state index is 11.4. The monoisotopic (exact) mass is 262 g/mol. The highest BCUT2D eigenvalue weighted by Gasteiger charge is 2.32. The number of rotatable bonds is 1. The first kappa shape index (κ1) is 10.0. The summed E-state index contributed by atoms with van der Waals surface area (Å²) >= 11 is 0. The van der Waals surface area contributed by atoms with Gasteiger partial charge in [0.05, 0.1) is 6.61 Å². The summed E-state index contributed by atoms with van der Waals surface area (Å²) in [6, 6.07) is 1.34. The highest BCUT2D eigenvalue weighted by atomic mass is 35.7. The van der Waals surface area contributed by atoms with E-state index in [0.717, 1.165) is 0 Å². The van der Waals surface area contributed by atoms with E-state index in [4.69, 9.17) is 24.9 Å². The van der Waals surface area contributed by atoms with E-state index >= 15 is 0 Å². The van der Waals surface area contributed by atoms with Gasteiger partial charge in [-0.2, -0.15) is 0 Å². The Bertz CT molecular complexity index is 566. The average molecular weight is 263 g/mol. The number of benzene rings is 1. The van der Waals surface area contributed by atoms with Gasteiger partial charge in [-0.05, 0) is 0 Å². The summed E-state index contributed by atoms with van der Waals surface area (Å²) in [5, 5.41) is 0. The molecule has 0 saturated carbocycles. The van der Waals surface area contributed by atoms with E-state index in [0.29, 0.717) is 35.8 Å². The van der Waals surface area contributed by atoms with Gasteiger partial charge in [-0.1, -0.05) is 0 Å². The number of hydrogen-bond acceptors (Lipinski definition) is 5. The Morgan fingerprint density at radius 1 is 1.19 bits per heavy atom. The van der Waals surface area contributed by atoms with Gasteiger partial charge in [0, 0.05) is 28.7 Å². The molecule has 2 heterocycles. The maximum absolute atomic E-state index is 11.4. The SMILES string of the molecule is O=S(=O)(Cl)c1cc2c(c3c1OCC3)OCO2. The lowest BCUT2D eigenvalue weighted by molar-refractivity contribution is 0.173. The van der Waals surface area contributed by atoms with Crippen molar-refractivity contribution >= 4 is 19.7 Å². The van der Waals surface area contributed by atoms with Gasteiger partial charge in [0.15, 0.2) is 11.5 Å². The van der Waals surface area contributed by atoms with Gasteiger partial charge in [-0.15, -0.1) is 0 Å². The van der Waals surface area contributed by atoms with E-state index < -0.39 is 9.05 Å². The lowest BCUT2D eigenvalue weighted by atomic mass is 10.1. The molecule has 0 unspecified atom stereocenters. The van der Waals surface area contributed by atoms with Gasteiger partial charge in [-0.3, -0.25) is 0 Å². The van der Waals surface area contributed by atoms with Crippen LogP contribution in [0.1, 0.15) is 5.56 Å². The second-order valence-corrected chi connectivity index (χ2v) is 5.99. The molecule has 0 N–H and O–H groups in total. The summed E-state index contributed by atoms with van der Waals surface area (Å²) in [6.45, 7) is 0.516. The van der Waals surface area contributed by atoms with Crippen LogP contribution in [0, 0.1) is 0 Å². The third kappa shape index (κ3) is 1.33. The number of ether oxygens (including phenoxy) is 3. The minimum atomic E-state index is -3.84. The van der Waals surface area contributed by atoms with Gasteiger partial charge in [0.25, 0.3) is 9.05 Å². The van der Waals surface area contributed by atoms with Crippen LogP contribution in [0.25, 0.3) is 0 Å². The lowest BCUT2D eigenvalue weighted by Gasteiger charge is -2.07. The Morgan fingerprint density at radius 2 is 2.00 bits per heavy atom. The minimum Gasteiger partial charge on any atom is -0.491 e. The number of halogens is 1. The molecule has 2 aliphatic rings. The third-order valence-electron chi connectivity index (χ3n) is 2.54. The summed E-state index contributed by atoms with van der Waals surface area (Å²) in [4.78, 5) is -0.0501. The molecule has 0 saturated heterocycles. The topological polar surface area (TPSA) is 61.8 Å². The summed E-state index contributed by atoms with van der Waals surface area (Å²) in [7, 11) is 1.50. The van der Waals surface area contributed by atoms with Crippen LogP contribution in [0.3, 0.4) is 0 Å². The highest BCUT2D eigenvalue weighted by molar-refractivity contribution is 8.13. The molecule has 1 aromatic rings. The second kappa shape index (κ2) is 3.18. The third-order valence-corrected chi connectivity index (χ3v) is 3.86. The molecule has 16 heavy (non-hydrogen) atoms. The Kier molecular flexibility index (Phi) is 1.99. The van der Waals surface area contributed by atoms with Crippen LogP contribution in [-0.4, -0.2) is 21.8 Å². The largest absolute Gasteiger partial charge is 0.491 e. The first-order valence-corrected chi connectivity index (χ1v) is 6.91. The van der Waals surface area contributed by atoms with Crippen molar-refractivity contribution in [3.05, 3.63) is 11.6 Å². The van der Waals surface area contributed by atoms with Crippen molar-refractivity contribution in [2.45, 2.75) is 11.3 Å². The summed E-state index contributed by atoms with van der Waals surface area (Å²) in [5.74, 6) is 1.26. The molecule has 1 aromatic carbocycles. The van der Waals surface area contributed by atoms with E-state index in [1.54, 1.807) is 0 Å². The first-order valence-electron chi connectivity index (χ1n) is 4.60. The first-order chi connectivity index (χ1) is 7.57. The molecule has 7 heteroatoms. The van der Waals surface area contributed by atoms with Gasteiger partial charge in [0.1, 0.15) is 10.6 Å². The van der Waals surface area contributed by atoms with Crippen molar-refractivity contribution in [1.82, 2.24) is 0 Å². The standard InChI is InChI=1S/C9H7ClO5S/c10-16(11,12)7-3-6-8(15-4-14-6)5-1-2-13-9(5)7/h3H,1-2,4H2. The van der Waals surface area contributed by atoms with Crippen LogP contribution in [0.5, 0.6) is 17.2 Å². The van der Waals surface area contributed by atoms with Crippen LogP contribution in [0.4, 0.5) is 0 Å². The normalized spacial score (nSPS) is 17.1. The molecule has 0 fully saturated rings. The van der Waals surface area contributed by atoms with E-state index in [1.165, 1.54) is 6.07 Å². The predicted molar refractivity (Wildman–Crippen MR) is 54.8 cm³/mol. The highest BCUT2D eigenvalue weighted by Crippen LogP contribution is 2.47. The Hall–Kier alpha value is -1.14. The van der Waals surface area contributed by atoms with Crippen molar-refractivity contribution in [2.75, 3.05) is 13.4 Å². The fourth-order valence-electron chi connectivity index (χ4n) is 1.89. The van der Waals surface area contributed by atoms with Crippen molar-refractivity contribution in [3.63, 3.8) is 0 Å². The quantitative estimate of drug-likeness (QED) is 0.714. The van der Waals surface area contributed by atoms with Crippen LogP contribution in [0.2, 0.25) is 0 Å². The van der Waals surface area contributed by atoms with E-state index in [9.17, 15) is 8.42 Å². The fourth-order valence-corrected chi connectivity index (χ4v) is 2.88. The second-order valence-electron chi connectivity index (χ2n) is 3.45. The average Bonchev–Trinajstić information content (AvgIpc) is 2.82. The van der Waals surface area contributed by atoms with Crippen molar-refractivity contribution in [2.24, 2.45) is 0 Å². The molecule has 0 atom stereocenters. The zero-order valence-electron chi connectivity index (χ0n) is 8.03. The van der Waals surface area contributed by atoms with Crippen LogP contribution < -0.4 is 14.2 Å². The molecular formula is C9H7ClO5S. The minimum absolute atomic E-state index is 0.0501. The molecule has 0 spiro atoms. The molecular weight excluding hydrogens is 256 g/mol.